The fourth-order valence-electron chi connectivity index (χ4n) is 4.29. The second-order valence-corrected chi connectivity index (χ2v) is 27.2. The van der Waals surface area contributed by atoms with Gasteiger partial charge in [0.05, 0.1) is 11.5 Å². The van der Waals surface area contributed by atoms with Crippen LogP contribution in [0.4, 0.5) is 0 Å². The standard InChI is InChI=1S/C29H54O4Si3/c1-21(2)16-17-24-27(30)26(25(20-23(5)6)31-34(7,8)9)28(32-35(10,11)12)29(24,19-18-22(3)4)33-36(13,14)15/h16,18,20,23-24H,17,19H2,1-15H3/b25-20-/t24-,29+/m1/s1. The summed E-state index contributed by atoms with van der Waals surface area (Å²) in [6.45, 7) is 32.3. The maximum Gasteiger partial charge on any atom is 0.242 e. The van der Waals surface area contributed by atoms with E-state index in [4.69, 9.17) is 13.3 Å². The van der Waals surface area contributed by atoms with Gasteiger partial charge in [-0.1, -0.05) is 37.1 Å². The number of ketones is 1. The minimum absolute atomic E-state index is 0.0892. The van der Waals surface area contributed by atoms with E-state index in [1.807, 2.05) is 0 Å². The molecule has 1 aliphatic carbocycles. The molecule has 0 bridgehead atoms. The summed E-state index contributed by atoms with van der Waals surface area (Å²) in [4.78, 5) is 14.5. The molecule has 0 unspecified atom stereocenters. The predicted octanol–water partition coefficient (Wildman–Crippen LogP) is 8.99. The third kappa shape index (κ3) is 9.95. The smallest absolute Gasteiger partial charge is 0.242 e. The first kappa shape index (κ1) is 32.9. The number of carbonyl (C=O) groups is 1. The lowest BCUT2D eigenvalue weighted by Gasteiger charge is -2.43. The molecule has 0 radical (unpaired) electrons. The molecule has 0 aromatic heterocycles. The van der Waals surface area contributed by atoms with Crippen LogP contribution in [0.15, 0.2) is 46.5 Å². The largest absolute Gasteiger partial charge is 0.545 e. The van der Waals surface area contributed by atoms with Crippen LogP contribution in [0.25, 0.3) is 0 Å². The molecule has 4 nitrogen and oxygen atoms in total. The highest BCUT2D eigenvalue weighted by atomic mass is 28.4. The van der Waals surface area contributed by atoms with Gasteiger partial charge in [-0.3, -0.25) is 4.79 Å². The van der Waals surface area contributed by atoms with Gasteiger partial charge in [0.25, 0.3) is 0 Å². The second kappa shape index (κ2) is 12.1. The third-order valence-electron chi connectivity index (χ3n) is 5.36. The van der Waals surface area contributed by atoms with Gasteiger partial charge in [0, 0.05) is 6.42 Å². The summed E-state index contributed by atoms with van der Waals surface area (Å²) in [6.07, 6.45) is 7.71. The molecule has 2 atom stereocenters. The molecular formula is C29H54O4Si3. The number of rotatable bonds is 12. The van der Waals surface area contributed by atoms with Crippen molar-refractivity contribution in [3.63, 3.8) is 0 Å². The van der Waals surface area contributed by atoms with Crippen LogP contribution >= 0.6 is 0 Å². The summed E-state index contributed by atoms with van der Waals surface area (Å²) in [7, 11) is -6.24. The highest BCUT2D eigenvalue weighted by Gasteiger charge is 2.58. The summed E-state index contributed by atoms with van der Waals surface area (Å²) in [5.74, 6) is 1.35. The van der Waals surface area contributed by atoms with Crippen molar-refractivity contribution in [3.05, 3.63) is 46.5 Å². The van der Waals surface area contributed by atoms with Crippen molar-refractivity contribution < 1.29 is 18.1 Å². The Morgan fingerprint density at radius 1 is 0.861 bits per heavy atom. The molecule has 0 aromatic rings. The lowest BCUT2D eigenvalue weighted by Crippen LogP contribution is -2.50. The van der Waals surface area contributed by atoms with Gasteiger partial charge in [-0.2, -0.15) is 0 Å². The van der Waals surface area contributed by atoms with E-state index in [1.54, 1.807) is 0 Å². The van der Waals surface area contributed by atoms with E-state index in [-0.39, 0.29) is 17.6 Å². The van der Waals surface area contributed by atoms with Crippen LogP contribution in [0.1, 0.15) is 54.4 Å². The zero-order chi connectivity index (χ0) is 28.3. The molecule has 0 heterocycles. The van der Waals surface area contributed by atoms with Crippen molar-refractivity contribution in [1.29, 1.82) is 0 Å². The number of allylic oxidation sites excluding steroid dienone is 5. The van der Waals surface area contributed by atoms with E-state index >= 15 is 0 Å². The van der Waals surface area contributed by atoms with Crippen LogP contribution in [0.5, 0.6) is 0 Å². The average Bonchev–Trinajstić information content (AvgIpc) is 2.81. The third-order valence-corrected chi connectivity index (χ3v) is 7.98. The van der Waals surface area contributed by atoms with Crippen LogP contribution in [0.3, 0.4) is 0 Å². The van der Waals surface area contributed by atoms with E-state index < -0.39 is 30.6 Å². The highest BCUT2D eigenvalue weighted by Crippen LogP contribution is 2.51. The van der Waals surface area contributed by atoms with E-state index in [9.17, 15) is 4.79 Å². The summed E-state index contributed by atoms with van der Waals surface area (Å²) >= 11 is 0. The molecular weight excluding hydrogens is 497 g/mol. The van der Waals surface area contributed by atoms with Gasteiger partial charge in [0.1, 0.15) is 17.1 Å². The molecule has 0 aliphatic heterocycles. The van der Waals surface area contributed by atoms with Gasteiger partial charge < -0.3 is 13.3 Å². The molecule has 0 aromatic carbocycles. The summed E-state index contributed by atoms with van der Waals surface area (Å²) in [5, 5.41) is 0. The Hall–Kier alpha value is -1.16. The van der Waals surface area contributed by atoms with E-state index in [0.29, 0.717) is 29.9 Å². The molecule has 7 heteroatoms. The van der Waals surface area contributed by atoms with E-state index in [0.717, 1.165) is 0 Å². The fourth-order valence-corrected chi connectivity index (χ4v) is 7.42. The van der Waals surface area contributed by atoms with Crippen molar-refractivity contribution in [2.24, 2.45) is 11.8 Å². The fraction of sp³-hybridized carbons (Fsp3) is 0.690. The molecule has 0 spiro atoms. The molecule has 0 N–H and O–H groups in total. The van der Waals surface area contributed by atoms with Crippen molar-refractivity contribution >= 4 is 30.7 Å². The molecule has 0 amide bonds. The Morgan fingerprint density at radius 3 is 1.78 bits per heavy atom. The lowest BCUT2D eigenvalue weighted by atomic mass is 9.82. The molecule has 1 rings (SSSR count). The van der Waals surface area contributed by atoms with Crippen LogP contribution in [-0.4, -0.2) is 36.3 Å². The molecule has 0 saturated heterocycles. The Bertz CT molecular complexity index is 914. The normalized spacial score (nSPS) is 21.7. The second-order valence-electron chi connectivity index (χ2n) is 13.9. The number of Topliss-reactive ketones (excluding diaryl/α,β-unsaturated/α-hetero) is 1. The number of carbonyl (C=O) groups excluding carboxylic acids is 1. The Kier molecular flexibility index (Phi) is 11.1. The number of hydrogen-bond donors (Lipinski definition) is 0. The van der Waals surface area contributed by atoms with E-state index in [1.165, 1.54) is 11.1 Å². The quantitative estimate of drug-likeness (QED) is 0.138. The lowest BCUT2D eigenvalue weighted by molar-refractivity contribution is -0.123. The van der Waals surface area contributed by atoms with Gasteiger partial charge in [0.2, 0.25) is 16.6 Å². The van der Waals surface area contributed by atoms with Gasteiger partial charge in [-0.05, 0) is 105 Å². The summed E-state index contributed by atoms with van der Waals surface area (Å²) < 4.78 is 20.7. The van der Waals surface area contributed by atoms with Gasteiger partial charge in [0.15, 0.2) is 14.1 Å². The summed E-state index contributed by atoms with van der Waals surface area (Å²) in [6, 6.07) is 0. The Balaban J connectivity index is 4.20. The minimum atomic E-state index is -2.12. The zero-order valence-corrected chi connectivity index (χ0v) is 28.9. The van der Waals surface area contributed by atoms with E-state index in [2.05, 4.69) is 119 Å². The number of hydrogen-bond acceptors (Lipinski definition) is 4. The van der Waals surface area contributed by atoms with Crippen molar-refractivity contribution in [2.75, 3.05) is 0 Å². The maximum atomic E-state index is 14.5. The zero-order valence-electron chi connectivity index (χ0n) is 25.9. The molecule has 0 saturated carbocycles. The first-order chi connectivity index (χ1) is 16.1. The Morgan fingerprint density at radius 2 is 1.39 bits per heavy atom. The molecule has 0 fully saturated rings. The SMILES string of the molecule is CC(C)=CC[C@@H]1C(=O)C(/C(=C/C(C)C)O[Si](C)(C)C)=C(O[Si](C)(C)C)[C@@]1(CC=C(C)C)O[Si](C)(C)C. The maximum absolute atomic E-state index is 14.5. The van der Waals surface area contributed by atoms with Gasteiger partial charge >= 0.3 is 0 Å². The monoisotopic (exact) mass is 550 g/mol. The minimum Gasteiger partial charge on any atom is -0.545 e. The van der Waals surface area contributed by atoms with Crippen LogP contribution in [-0.2, 0) is 18.1 Å². The van der Waals surface area contributed by atoms with Crippen molar-refractivity contribution in [1.82, 2.24) is 0 Å². The van der Waals surface area contributed by atoms with Crippen LogP contribution in [0.2, 0.25) is 58.9 Å². The van der Waals surface area contributed by atoms with Crippen molar-refractivity contribution in [2.45, 2.75) is 119 Å². The Labute approximate surface area is 225 Å². The topological polar surface area (TPSA) is 44.8 Å². The van der Waals surface area contributed by atoms with Gasteiger partial charge in [-0.25, -0.2) is 0 Å². The average molecular weight is 551 g/mol. The first-order valence-corrected chi connectivity index (χ1v) is 23.7. The van der Waals surface area contributed by atoms with Crippen LogP contribution < -0.4 is 0 Å². The van der Waals surface area contributed by atoms with Crippen molar-refractivity contribution in [3.8, 4) is 0 Å². The molecule has 1 aliphatic rings. The summed E-state index contributed by atoms with van der Waals surface area (Å²) in [5.41, 5.74) is 2.17. The predicted molar refractivity (Wildman–Crippen MR) is 163 cm³/mol. The van der Waals surface area contributed by atoms with Gasteiger partial charge in [-0.15, -0.1) is 0 Å². The highest BCUT2D eigenvalue weighted by molar-refractivity contribution is 6.71. The van der Waals surface area contributed by atoms with Crippen LogP contribution in [0, 0.1) is 11.8 Å². The molecule has 36 heavy (non-hydrogen) atoms. The molecule has 206 valence electrons. The first-order valence-electron chi connectivity index (χ1n) is 13.4.